The summed E-state index contributed by atoms with van der Waals surface area (Å²) in [5.74, 6) is 1.10. The first-order valence-electron chi connectivity index (χ1n) is 6.90. The molecule has 1 aromatic carbocycles. The Hall–Kier alpha value is -0.0800. The van der Waals surface area contributed by atoms with Gasteiger partial charge in [-0.3, -0.25) is 0 Å². The second-order valence-corrected chi connectivity index (χ2v) is 9.90. The van der Waals surface area contributed by atoms with Crippen molar-refractivity contribution in [3.8, 4) is 0 Å². The fourth-order valence-electron chi connectivity index (χ4n) is 2.41. The highest BCUT2D eigenvalue weighted by atomic mass is 79.9. The average molecular weight is 393 g/mol. The maximum Gasteiger partial charge on any atom is 0.240 e. The predicted octanol–water partition coefficient (Wildman–Crippen LogP) is 2.78. The van der Waals surface area contributed by atoms with Crippen LogP contribution in [0, 0.1) is 6.92 Å². The van der Waals surface area contributed by atoms with Crippen LogP contribution in [0.1, 0.15) is 30.9 Å². The van der Waals surface area contributed by atoms with Crippen molar-refractivity contribution in [1.82, 2.24) is 4.72 Å². The van der Waals surface area contributed by atoms with Crippen LogP contribution < -0.4 is 10.5 Å². The quantitative estimate of drug-likeness (QED) is 0.807. The number of benzene rings is 1. The predicted molar refractivity (Wildman–Crippen MR) is 92.1 cm³/mol. The third-order valence-corrected chi connectivity index (χ3v) is 7.71. The van der Waals surface area contributed by atoms with Crippen LogP contribution in [0.3, 0.4) is 0 Å². The molecular formula is C14H21BrN2O2S2. The molecule has 7 heteroatoms. The number of hydrogen-bond acceptors (Lipinski definition) is 4. The van der Waals surface area contributed by atoms with E-state index in [4.69, 9.17) is 5.73 Å². The lowest BCUT2D eigenvalue weighted by atomic mass is 10.1. The van der Waals surface area contributed by atoms with Gasteiger partial charge in [0.25, 0.3) is 0 Å². The summed E-state index contributed by atoms with van der Waals surface area (Å²) < 4.78 is 28.7. The molecule has 0 spiro atoms. The maximum atomic E-state index is 12.6. The van der Waals surface area contributed by atoms with E-state index >= 15 is 0 Å². The van der Waals surface area contributed by atoms with Gasteiger partial charge in [0.05, 0.1) is 4.90 Å². The van der Waals surface area contributed by atoms with E-state index in [2.05, 4.69) is 27.6 Å². The molecule has 21 heavy (non-hydrogen) atoms. The second-order valence-electron chi connectivity index (χ2n) is 5.63. The number of sulfonamides is 1. The van der Waals surface area contributed by atoms with E-state index in [9.17, 15) is 8.42 Å². The fourth-order valence-corrected chi connectivity index (χ4v) is 5.86. The van der Waals surface area contributed by atoms with Gasteiger partial charge in [0.15, 0.2) is 0 Å². The Bertz CT molecular complexity index is 626. The molecule has 2 rings (SSSR count). The molecule has 4 nitrogen and oxygen atoms in total. The highest BCUT2D eigenvalue weighted by Crippen LogP contribution is 2.37. The largest absolute Gasteiger partial charge is 0.326 e. The van der Waals surface area contributed by atoms with Gasteiger partial charge < -0.3 is 5.73 Å². The molecule has 1 atom stereocenters. The smallest absolute Gasteiger partial charge is 0.240 e. The van der Waals surface area contributed by atoms with Crippen molar-refractivity contribution in [1.29, 1.82) is 0 Å². The third-order valence-electron chi connectivity index (χ3n) is 3.82. The summed E-state index contributed by atoms with van der Waals surface area (Å²) in [6.07, 6.45) is 2.20. The zero-order valence-electron chi connectivity index (χ0n) is 12.3. The van der Waals surface area contributed by atoms with E-state index in [0.717, 1.165) is 28.6 Å². The molecular weight excluding hydrogens is 372 g/mol. The van der Waals surface area contributed by atoms with Gasteiger partial charge in [-0.25, -0.2) is 13.1 Å². The van der Waals surface area contributed by atoms with Crippen LogP contribution in [-0.2, 0) is 16.6 Å². The topological polar surface area (TPSA) is 72.2 Å². The van der Waals surface area contributed by atoms with Crippen LogP contribution in [-0.4, -0.2) is 25.5 Å². The maximum absolute atomic E-state index is 12.6. The normalized spacial score (nSPS) is 22.7. The van der Waals surface area contributed by atoms with Gasteiger partial charge in [0, 0.05) is 22.3 Å². The molecule has 0 aliphatic carbocycles. The molecule has 118 valence electrons. The van der Waals surface area contributed by atoms with Crippen LogP contribution >= 0.6 is 27.7 Å². The summed E-state index contributed by atoms with van der Waals surface area (Å²) in [7, 11) is -3.52. The van der Waals surface area contributed by atoms with Crippen LogP contribution in [0.2, 0.25) is 0 Å². The van der Waals surface area contributed by atoms with Crippen molar-refractivity contribution >= 4 is 37.7 Å². The Morgan fingerprint density at radius 1 is 1.48 bits per heavy atom. The molecule has 0 radical (unpaired) electrons. The van der Waals surface area contributed by atoms with Gasteiger partial charge in [-0.05, 0) is 55.7 Å². The summed E-state index contributed by atoms with van der Waals surface area (Å²) in [5, 5.41) is 0. The number of halogens is 1. The molecule has 1 saturated heterocycles. The van der Waals surface area contributed by atoms with Gasteiger partial charge in [-0.15, -0.1) is 0 Å². The minimum Gasteiger partial charge on any atom is -0.326 e. The molecule has 1 aliphatic rings. The minimum atomic E-state index is -3.52. The van der Waals surface area contributed by atoms with E-state index in [1.54, 1.807) is 13.0 Å². The lowest BCUT2D eigenvalue weighted by Crippen LogP contribution is -2.37. The van der Waals surface area contributed by atoms with Gasteiger partial charge in [0.1, 0.15) is 0 Å². The SMILES string of the molecule is Cc1c(Br)cc(CN)cc1S(=O)(=O)NCC1(C)CCCS1. The Morgan fingerprint density at radius 2 is 2.19 bits per heavy atom. The molecule has 1 fully saturated rings. The Morgan fingerprint density at radius 3 is 2.76 bits per heavy atom. The zero-order chi connectivity index (χ0) is 15.7. The third kappa shape index (κ3) is 4.01. The van der Waals surface area contributed by atoms with Gasteiger partial charge >= 0.3 is 0 Å². The standard InChI is InChI=1S/C14H21BrN2O2S2/c1-10-12(15)6-11(8-16)7-13(10)21(18,19)17-9-14(2)4-3-5-20-14/h6-7,17H,3-5,8-9,16H2,1-2H3. The molecule has 0 aromatic heterocycles. The Balaban J connectivity index is 2.25. The lowest BCUT2D eigenvalue weighted by molar-refractivity contribution is 0.552. The van der Waals surface area contributed by atoms with E-state index in [-0.39, 0.29) is 4.75 Å². The van der Waals surface area contributed by atoms with Crippen molar-refractivity contribution in [3.63, 3.8) is 0 Å². The van der Waals surface area contributed by atoms with Crippen LogP contribution in [0.25, 0.3) is 0 Å². The highest BCUT2D eigenvalue weighted by Gasteiger charge is 2.31. The van der Waals surface area contributed by atoms with Crippen molar-refractivity contribution < 1.29 is 8.42 Å². The van der Waals surface area contributed by atoms with Gasteiger partial charge in [0.2, 0.25) is 10.0 Å². The number of thioether (sulfide) groups is 1. The number of nitrogens with one attached hydrogen (secondary N) is 1. The summed E-state index contributed by atoms with van der Waals surface area (Å²) in [4.78, 5) is 0.309. The fraction of sp³-hybridized carbons (Fsp3) is 0.571. The molecule has 1 aliphatic heterocycles. The van der Waals surface area contributed by atoms with E-state index in [1.165, 1.54) is 0 Å². The van der Waals surface area contributed by atoms with E-state index in [0.29, 0.717) is 23.5 Å². The van der Waals surface area contributed by atoms with Crippen molar-refractivity contribution in [3.05, 3.63) is 27.7 Å². The lowest BCUT2D eigenvalue weighted by Gasteiger charge is -2.23. The zero-order valence-corrected chi connectivity index (χ0v) is 15.5. The number of rotatable bonds is 5. The molecule has 0 bridgehead atoms. The van der Waals surface area contributed by atoms with E-state index < -0.39 is 10.0 Å². The van der Waals surface area contributed by atoms with Crippen LogP contribution in [0.15, 0.2) is 21.5 Å². The first kappa shape index (κ1) is 17.3. The molecule has 3 N–H and O–H groups in total. The Labute approximate surface area is 139 Å². The summed E-state index contributed by atoms with van der Waals surface area (Å²) in [5.41, 5.74) is 7.15. The summed E-state index contributed by atoms with van der Waals surface area (Å²) in [6.45, 7) is 4.69. The van der Waals surface area contributed by atoms with Crippen molar-refractivity contribution in [2.24, 2.45) is 5.73 Å². The van der Waals surface area contributed by atoms with Crippen molar-refractivity contribution in [2.75, 3.05) is 12.3 Å². The monoisotopic (exact) mass is 392 g/mol. The molecule has 1 heterocycles. The number of hydrogen-bond donors (Lipinski definition) is 2. The van der Waals surface area contributed by atoms with Crippen molar-refractivity contribution in [2.45, 2.75) is 42.9 Å². The van der Waals surface area contributed by atoms with E-state index in [1.807, 2.05) is 17.8 Å². The number of nitrogens with two attached hydrogens (primary N) is 1. The van der Waals surface area contributed by atoms with Crippen LogP contribution in [0.5, 0.6) is 0 Å². The second kappa shape index (κ2) is 6.58. The first-order chi connectivity index (χ1) is 9.77. The molecule has 1 unspecified atom stereocenters. The van der Waals surface area contributed by atoms with Crippen LogP contribution in [0.4, 0.5) is 0 Å². The molecule has 1 aromatic rings. The minimum absolute atomic E-state index is 0.00366. The highest BCUT2D eigenvalue weighted by molar-refractivity contribution is 9.10. The van der Waals surface area contributed by atoms with Gasteiger partial charge in [-0.1, -0.05) is 15.9 Å². The molecule has 0 amide bonds. The summed E-state index contributed by atoms with van der Waals surface area (Å²) in [6, 6.07) is 3.52. The average Bonchev–Trinajstić information content (AvgIpc) is 2.87. The van der Waals surface area contributed by atoms with Gasteiger partial charge in [-0.2, -0.15) is 11.8 Å². The molecule has 0 saturated carbocycles. The Kier molecular flexibility index (Phi) is 5.41. The summed E-state index contributed by atoms with van der Waals surface area (Å²) >= 11 is 5.25. The first-order valence-corrected chi connectivity index (χ1v) is 10.2.